The zero-order valence-electron chi connectivity index (χ0n) is 8.48. The molecule has 0 bridgehead atoms. The van der Waals surface area contributed by atoms with E-state index in [0.29, 0.717) is 0 Å². The van der Waals surface area contributed by atoms with Crippen LogP contribution in [0.1, 0.15) is 39.5 Å². The minimum Gasteiger partial charge on any atom is -1.00 e. The molecular weight excluding hydrogens is 153 g/mol. The molecule has 2 heteroatoms. The number of likely N-dealkylation sites (tertiary alicyclic amines) is 1. The van der Waals surface area contributed by atoms with E-state index >= 15 is 0 Å². The van der Waals surface area contributed by atoms with E-state index in [1.807, 2.05) is 0 Å². The summed E-state index contributed by atoms with van der Waals surface area (Å²) in [5.41, 5.74) is 0. The highest BCUT2D eigenvalue weighted by atomic mass is 19.0. The molecular formula is C10H22FN. The topological polar surface area (TPSA) is 0 Å². The monoisotopic (exact) mass is 175 g/mol. The van der Waals surface area contributed by atoms with E-state index in [4.69, 9.17) is 0 Å². The van der Waals surface area contributed by atoms with E-state index in [1.54, 1.807) is 0 Å². The molecule has 1 aliphatic rings. The normalized spacial score (nSPS) is 20.5. The molecule has 0 aliphatic carbocycles. The molecule has 0 saturated carbocycles. The average molecular weight is 175 g/mol. The maximum Gasteiger partial charge on any atom is 0.0788 e. The molecule has 0 aromatic carbocycles. The summed E-state index contributed by atoms with van der Waals surface area (Å²) >= 11 is 0. The minimum atomic E-state index is 0. The predicted octanol–water partition coefficient (Wildman–Crippen LogP) is -0.579. The molecule has 0 N–H and O–H groups in total. The van der Waals surface area contributed by atoms with Gasteiger partial charge in [-0.25, -0.2) is 0 Å². The molecule has 0 radical (unpaired) electrons. The Balaban J connectivity index is 0.00000121. The van der Waals surface area contributed by atoms with E-state index in [0.717, 1.165) is 0 Å². The lowest BCUT2D eigenvalue weighted by Gasteiger charge is -2.33. The third-order valence-corrected chi connectivity index (χ3v) is 2.91. The lowest BCUT2D eigenvalue weighted by atomic mass is 10.3. The van der Waals surface area contributed by atoms with Gasteiger partial charge in [0.2, 0.25) is 0 Å². The van der Waals surface area contributed by atoms with Gasteiger partial charge in [-0.15, -0.1) is 0 Å². The summed E-state index contributed by atoms with van der Waals surface area (Å²) in [5.74, 6) is 0. The summed E-state index contributed by atoms with van der Waals surface area (Å²) in [7, 11) is 0. The van der Waals surface area contributed by atoms with Crippen molar-refractivity contribution in [3.8, 4) is 0 Å². The van der Waals surface area contributed by atoms with E-state index < -0.39 is 0 Å². The molecule has 1 fully saturated rings. The Morgan fingerprint density at radius 1 is 0.917 bits per heavy atom. The summed E-state index contributed by atoms with van der Waals surface area (Å²) in [6.07, 6.45) is 5.67. The van der Waals surface area contributed by atoms with Crippen molar-refractivity contribution in [1.82, 2.24) is 0 Å². The van der Waals surface area contributed by atoms with Crippen molar-refractivity contribution in [1.29, 1.82) is 0 Å². The summed E-state index contributed by atoms with van der Waals surface area (Å²) in [5, 5.41) is 0. The van der Waals surface area contributed by atoms with Gasteiger partial charge in [-0.3, -0.25) is 0 Å². The van der Waals surface area contributed by atoms with Gasteiger partial charge in [0.05, 0.1) is 26.2 Å². The van der Waals surface area contributed by atoms with E-state index in [9.17, 15) is 0 Å². The van der Waals surface area contributed by atoms with Crippen molar-refractivity contribution in [2.75, 3.05) is 26.2 Å². The zero-order chi connectivity index (χ0) is 8.16. The highest BCUT2D eigenvalue weighted by Gasteiger charge is 2.29. The molecule has 0 spiro atoms. The first-order valence-electron chi connectivity index (χ1n) is 5.18. The quantitative estimate of drug-likeness (QED) is 0.502. The van der Waals surface area contributed by atoms with Crippen molar-refractivity contribution in [2.45, 2.75) is 39.5 Å². The Morgan fingerprint density at radius 2 is 1.33 bits per heavy atom. The van der Waals surface area contributed by atoms with Gasteiger partial charge in [0.15, 0.2) is 0 Å². The minimum absolute atomic E-state index is 0. The summed E-state index contributed by atoms with van der Waals surface area (Å²) in [4.78, 5) is 0. The second-order valence-corrected chi connectivity index (χ2v) is 3.94. The van der Waals surface area contributed by atoms with Crippen LogP contribution in [0.25, 0.3) is 0 Å². The zero-order valence-corrected chi connectivity index (χ0v) is 8.48. The molecule has 1 heterocycles. The molecule has 1 rings (SSSR count). The Bertz CT molecular complexity index is 100. The first-order valence-corrected chi connectivity index (χ1v) is 5.18. The van der Waals surface area contributed by atoms with Crippen LogP contribution >= 0.6 is 0 Å². The summed E-state index contributed by atoms with van der Waals surface area (Å²) in [6, 6.07) is 0. The van der Waals surface area contributed by atoms with Gasteiger partial charge in [-0.1, -0.05) is 13.8 Å². The van der Waals surface area contributed by atoms with Crippen molar-refractivity contribution < 1.29 is 9.19 Å². The second kappa shape index (κ2) is 5.52. The van der Waals surface area contributed by atoms with Crippen molar-refractivity contribution >= 4 is 0 Å². The molecule has 1 nitrogen and oxygen atoms in total. The number of quaternary nitrogens is 1. The molecule has 1 aliphatic heterocycles. The van der Waals surface area contributed by atoms with Crippen molar-refractivity contribution in [3.05, 3.63) is 0 Å². The van der Waals surface area contributed by atoms with Gasteiger partial charge in [-0.2, -0.15) is 0 Å². The van der Waals surface area contributed by atoms with Gasteiger partial charge in [-0.05, 0) is 12.8 Å². The maximum atomic E-state index is 2.31. The number of nitrogens with zero attached hydrogens (tertiary/aromatic N) is 1. The fourth-order valence-corrected chi connectivity index (χ4v) is 2.51. The number of hydrogen-bond acceptors (Lipinski definition) is 0. The number of halogens is 1. The van der Waals surface area contributed by atoms with Crippen LogP contribution in [0.3, 0.4) is 0 Å². The van der Waals surface area contributed by atoms with Crippen LogP contribution < -0.4 is 4.70 Å². The van der Waals surface area contributed by atoms with Gasteiger partial charge < -0.3 is 9.19 Å². The first-order chi connectivity index (χ1) is 5.33. The lowest BCUT2D eigenvalue weighted by molar-refractivity contribution is -0.916. The summed E-state index contributed by atoms with van der Waals surface area (Å²) < 4.78 is 1.44. The molecule has 0 amide bonds. The Labute approximate surface area is 75.7 Å². The van der Waals surface area contributed by atoms with Gasteiger partial charge >= 0.3 is 0 Å². The molecule has 0 aromatic rings. The van der Waals surface area contributed by atoms with Crippen molar-refractivity contribution in [3.63, 3.8) is 0 Å². The SMILES string of the molecule is CCC[N+]1(CCC)CCCC1.[F-]. The standard InChI is InChI=1S/C10H22N.FH/c1-3-7-11(8-4-2)9-5-6-10-11;/h3-10H2,1-2H3;1H/q+1;/p-1. The molecule has 0 unspecified atom stereocenters. The average Bonchev–Trinajstić information content (AvgIpc) is 2.39. The number of rotatable bonds is 4. The third kappa shape index (κ3) is 2.74. The van der Waals surface area contributed by atoms with E-state index in [2.05, 4.69) is 13.8 Å². The van der Waals surface area contributed by atoms with E-state index in [-0.39, 0.29) is 4.70 Å². The van der Waals surface area contributed by atoms with E-state index in [1.165, 1.54) is 56.3 Å². The molecule has 0 aromatic heterocycles. The Morgan fingerprint density at radius 3 is 1.67 bits per heavy atom. The van der Waals surface area contributed by atoms with Crippen LogP contribution in [0.5, 0.6) is 0 Å². The summed E-state index contributed by atoms with van der Waals surface area (Å²) in [6.45, 7) is 10.4. The molecule has 0 atom stereocenters. The van der Waals surface area contributed by atoms with Crippen molar-refractivity contribution in [2.24, 2.45) is 0 Å². The van der Waals surface area contributed by atoms with Gasteiger partial charge in [0.25, 0.3) is 0 Å². The second-order valence-electron chi connectivity index (χ2n) is 3.94. The maximum absolute atomic E-state index is 2.31. The Hall–Kier alpha value is -0.110. The third-order valence-electron chi connectivity index (χ3n) is 2.91. The van der Waals surface area contributed by atoms with Gasteiger partial charge in [0.1, 0.15) is 0 Å². The Kier molecular flexibility index (Phi) is 5.47. The highest BCUT2D eigenvalue weighted by molar-refractivity contribution is 4.54. The molecule has 12 heavy (non-hydrogen) atoms. The van der Waals surface area contributed by atoms with Crippen LogP contribution in [0.4, 0.5) is 0 Å². The predicted molar refractivity (Wildman–Crippen MR) is 49.5 cm³/mol. The van der Waals surface area contributed by atoms with Crippen LogP contribution in [-0.4, -0.2) is 30.7 Å². The fraction of sp³-hybridized carbons (Fsp3) is 1.00. The first kappa shape index (κ1) is 11.9. The lowest BCUT2D eigenvalue weighted by Crippen LogP contribution is -3.00. The highest BCUT2D eigenvalue weighted by Crippen LogP contribution is 2.20. The van der Waals surface area contributed by atoms with Crippen LogP contribution in [0.2, 0.25) is 0 Å². The fourth-order valence-electron chi connectivity index (χ4n) is 2.51. The van der Waals surface area contributed by atoms with Crippen LogP contribution in [0.15, 0.2) is 0 Å². The molecule has 1 saturated heterocycles. The molecule has 74 valence electrons. The van der Waals surface area contributed by atoms with Crippen LogP contribution in [0, 0.1) is 0 Å². The largest absolute Gasteiger partial charge is 1.00 e. The number of hydrogen-bond donors (Lipinski definition) is 0. The van der Waals surface area contributed by atoms with Gasteiger partial charge in [0, 0.05) is 12.8 Å². The van der Waals surface area contributed by atoms with Crippen LogP contribution in [-0.2, 0) is 0 Å². The smallest absolute Gasteiger partial charge is 0.0788 e.